The zero-order valence-corrected chi connectivity index (χ0v) is 6.18. The van der Waals surface area contributed by atoms with Crippen LogP contribution in [0.2, 0.25) is 0 Å². The molecule has 1 rings (SSSR count). The molecule has 0 aliphatic carbocycles. The minimum atomic E-state index is -0.475. The quantitative estimate of drug-likeness (QED) is 0.202. The van der Waals surface area contributed by atoms with Crippen molar-refractivity contribution in [2.45, 2.75) is 0 Å². The van der Waals surface area contributed by atoms with Crippen molar-refractivity contribution in [2.75, 3.05) is 0 Å². The van der Waals surface area contributed by atoms with Crippen LogP contribution < -0.4 is 0 Å². The van der Waals surface area contributed by atoms with Crippen molar-refractivity contribution >= 4 is 6.72 Å². The van der Waals surface area contributed by atoms with Crippen molar-refractivity contribution in [3.8, 4) is 17.2 Å². The van der Waals surface area contributed by atoms with E-state index in [4.69, 9.17) is 20.5 Å². The van der Waals surface area contributed by atoms with Crippen LogP contribution in [-0.2, 0) is 0 Å². The smallest absolute Gasteiger partial charge is 0.200 e. The Hall–Kier alpha value is -1.91. The number of para-hydroxylation sites is 1. The van der Waals surface area contributed by atoms with E-state index in [-0.39, 0.29) is 11.5 Å². The van der Waals surface area contributed by atoms with Crippen LogP contribution in [0.5, 0.6) is 17.2 Å². The Balaban J connectivity index is 0.000000354. The number of hydrogen-bond donors (Lipinski definition) is 4. The molecule has 0 aliphatic rings. The van der Waals surface area contributed by atoms with E-state index in [0.29, 0.717) is 0 Å². The largest absolute Gasteiger partial charge is 0.504 e. The summed E-state index contributed by atoms with van der Waals surface area (Å²) in [7, 11) is 0. The van der Waals surface area contributed by atoms with Crippen molar-refractivity contribution in [1.29, 1.82) is 0 Å². The summed E-state index contributed by atoms with van der Waals surface area (Å²) in [6.45, 7) is 2.67. The van der Waals surface area contributed by atoms with Crippen LogP contribution in [0, 0.1) is 0 Å². The molecule has 0 atom stereocenters. The van der Waals surface area contributed by atoms with E-state index in [2.05, 4.69) is 11.9 Å². The Morgan fingerprint density at radius 3 is 1.67 bits per heavy atom. The molecule has 0 aliphatic heterocycles. The highest BCUT2D eigenvalue weighted by Crippen LogP contribution is 2.32. The van der Waals surface area contributed by atoms with Gasteiger partial charge >= 0.3 is 0 Å². The van der Waals surface area contributed by atoms with Crippen LogP contribution in [0.25, 0.3) is 0 Å². The Kier molecular flexibility index (Phi) is 4.07. The first-order valence-electron chi connectivity index (χ1n) is 2.93. The Bertz CT molecular complexity index is 241. The van der Waals surface area contributed by atoms with Crippen LogP contribution in [0.1, 0.15) is 0 Å². The lowest BCUT2D eigenvalue weighted by molar-refractivity contribution is 0.323. The van der Waals surface area contributed by atoms with Crippen molar-refractivity contribution in [2.24, 2.45) is 5.16 Å². The predicted molar refractivity (Wildman–Crippen MR) is 42.8 cm³/mol. The average molecular weight is 171 g/mol. The van der Waals surface area contributed by atoms with Gasteiger partial charge in [-0.2, -0.15) is 0 Å². The van der Waals surface area contributed by atoms with Gasteiger partial charge in [-0.05, 0) is 12.1 Å². The Morgan fingerprint density at radius 1 is 1.08 bits per heavy atom. The van der Waals surface area contributed by atoms with E-state index >= 15 is 0 Å². The third kappa shape index (κ3) is 2.78. The second-order valence-corrected chi connectivity index (χ2v) is 1.79. The fourth-order valence-electron chi connectivity index (χ4n) is 0.519. The standard InChI is InChI=1S/C6H6O3.CH3NO/c7-4-2-1-3-5(8)6(4)9;1-2-3/h1-3,7-9H;3H,1H2. The maximum Gasteiger partial charge on any atom is 0.200 e. The van der Waals surface area contributed by atoms with E-state index in [9.17, 15) is 0 Å². The molecule has 0 amide bonds. The lowest BCUT2D eigenvalue weighted by atomic mass is 10.3. The van der Waals surface area contributed by atoms with Gasteiger partial charge in [0.25, 0.3) is 0 Å². The first-order valence-corrected chi connectivity index (χ1v) is 2.93. The van der Waals surface area contributed by atoms with Gasteiger partial charge in [-0.1, -0.05) is 6.07 Å². The van der Waals surface area contributed by atoms with Gasteiger partial charge in [0.2, 0.25) is 0 Å². The van der Waals surface area contributed by atoms with Gasteiger partial charge in [-0.25, -0.2) is 0 Å². The third-order valence-corrected chi connectivity index (χ3v) is 0.993. The van der Waals surface area contributed by atoms with Crippen LogP contribution in [0.3, 0.4) is 0 Å². The van der Waals surface area contributed by atoms with Crippen LogP contribution in [0.15, 0.2) is 23.4 Å². The molecule has 0 bridgehead atoms. The SMILES string of the molecule is C=NO.Oc1cccc(O)c1O. The van der Waals surface area contributed by atoms with E-state index < -0.39 is 5.75 Å². The van der Waals surface area contributed by atoms with Gasteiger partial charge in [0, 0.05) is 6.72 Å². The number of phenols is 3. The molecular formula is C7H9NO4. The number of hydrogen-bond acceptors (Lipinski definition) is 5. The minimum Gasteiger partial charge on any atom is -0.504 e. The third-order valence-electron chi connectivity index (χ3n) is 0.993. The predicted octanol–water partition coefficient (Wildman–Crippen LogP) is 0.880. The fraction of sp³-hybridized carbons (Fsp3) is 0. The van der Waals surface area contributed by atoms with Crippen LogP contribution >= 0.6 is 0 Å². The summed E-state index contributed by atoms with van der Waals surface area (Å²) < 4.78 is 0. The lowest BCUT2D eigenvalue weighted by Gasteiger charge is -1.96. The Morgan fingerprint density at radius 2 is 1.42 bits per heavy atom. The molecule has 0 saturated heterocycles. The summed E-state index contributed by atoms with van der Waals surface area (Å²) >= 11 is 0. The summed E-state index contributed by atoms with van der Waals surface area (Å²) in [5, 5.41) is 35.4. The molecule has 1 aromatic rings. The number of nitrogens with zero attached hydrogens (tertiary/aromatic N) is 1. The van der Waals surface area contributed by atoms with Crippen molar-refractivity contribution in [3.63, 3.8) is 0 Å². The maximum atomic E-state index is 8.71. The highest BCUT2D eigenvalue weighted by molar-refractivity contribution is 5.47. The average Bonchev–Trinajstić information content (AvgIpc) is 2.02. The molecule has 5 heteroatoms. The zero-order chi connectivity index (χ0) is 9.56. The van der Waals surface area contributed by atoms with Crippen molar-refractivity contribution < 1.29 is 20.5 Å². The molecule has 12 heavy (non-hydrogen) atoms. The van der Waals surface area contributed by atoms with Gasteiger partial charge in [-0.15, -0.1) is 5.16 Å². The molecule has 5 nitrogen and oxygen atoms in total. The van der Waals surface area contributed by atoms with Gasteiger partial charge < -0.3 is 20.5 Å². The van der Waals surface area contributed by atoms with Crippen molar-refractivity contribution in [1.82, 2.24) is 0 Å². The maximum absolute atomic E-state index is 8.71. The van der Waals surface area contributed by atoms with Gasteiger partial charge in [0.15, 0.2) is 17.2 Å². The molecule has 0 aromatic heterocycles. The van der Waals surface area contributed by atoms with E-state index in [0.717, 1.165) is 0 Å². The molecule has 0 saturated carbocycles. The molecule has 1 aromatic carbocycles. The minimum absolute atomic E-state index is 0.310. The second-order valence-electron chi connectivity index (χ2n) is 1.79. The summed E-state index contributed by atoms with van der Waals surface area (Å²) in [6.07, 6.45) is 0. The summed E-state index contributed by atoms with van der Waals surface area (Å²) in [5.74, 6) is -1.09. The monoisotopic (exact) mass is 171 g/mol. The molecule has 0 radical (unpaired) electrons. The fourth-order valence-corrected chi connectivity index (χ4v) is 0.519. The molecule has 0 heterocycles. The van der Waals surface area contributed by atoms with E-state index in [1.165, 1.54) is 18.2 Å². The second kappa shape index (κ2) is 4.84. The van der Waals surface area contributed by atoms with E-state index in [1.54, 1.807) is 0 Å². The zero-order valence-electron chi connectivity index (χ0n) is 6.18. The first kappa shape index (κ1) is 10.1. The molecule has 4 N–H and O–H groups in total. The number of benzene rings is 1. The molecule has 0 spiro atoms. The highest BCUT2D eigenvalue weighted by atomic mass is 16.4. The first-order chi connectivity index (χ1) is 5.63. The summed E-state index contributed by atoms with van der Waals surface area (Å²) in [6, 6.07) is 4.01. The number of phenolic OH excluding ortho intramolecular Hbond substituents is 3. The van der Waals surface area contributed by atoms with Gasteiger partial charge in [0.1, 0.15) is 0 Å². The molecule has 0 unspecified atom stereocenters. The Labute approximate surface area is 68.8 Å². The van der Waals surface area contributed by atoms with Crippen LogP contribution in [-0.4, -0.2) is 27.2 Å². The molecule has 66 valence electrons. The summed E-state index contributed by atoms with van der Waals surface area (Å²) in [4.78, 5) is 0. The topological polar surface area (TPSA) is 93.3 Å². The molecule has 0 fully saturated rings. The van der Waals surface area contributed by atoms with E-state index in [1.807, 2.05) is 0 Å². The lowest BCUT2D eigenvalue weighted by Crippen LogP contribution is -1.67. The van der Waals surface area contributed by atoms with Crippen molar-refractivity contribution in [3.05, 3.63) is 18.2 Å². The molecular weight excluding hydrogens is 162 g/mol. The number of oxime groups is 1. The number of rotatable bonds is 0. The van der Waals surface area contributed by atoms with Gasteiger partial charge in [0.05, 0.1) is 0 Å². The van der Waals surface area contributed by atoms with Gasteiger partial charge in [-0.3, -0.25) is 0 Å². The highest BCUT2D eigenvalue weighted by Gasteiger charge is 2.00. The van der Waals surface area contributed by atoms with Crippen LogP contribution in [0.4, 0.5) is 0 Å². The number of aromatic hydroxyl groups is 3. The normalized spacial score (nSPS) is 8.00. The summed E-state index contributed by atoms with van der Waals surface area (Å²) in [5.41, 5.74) is 0.